The largest absolute Gasteiger partial charge is 0.324 e. The van der Waals surface area contributed by atoms with E-state index in [2.05, 4.69) is 15.7 Å². The molecular weight excluding hydrogens is 399 g/mol. The van der Waals surface area contributed by atoms with Crippen LogP contribution in [0.25, 0.3) is 0 Å². The number of nitrogens with zero attached hydrogens (tertiary/aromatic N) is 2. The van der Waals surface area contributed by atoms with E-state index in [1.807, 2.05) is 0 Å². The number of amides is 2. The van der Waals surface area contributed by atoms with Crippen LogP contribution < -0.4 is 10.6 Å². The average molecular weight is 417 g/mol. The second-order valence-electron chi connectivity index (χ2n) is 6.20. The number of hydrogen-bond acceptors (Lipinski definition) is 3. The number of halogens is 2. The molecule has 0 aliphatic heterocycles. The van der Waals surface area contributed by atoms with Gasteiger partial charge in [-0.25, -0.2) is 0 Å². The Kier molecular flexibility index (Phi) is 6.02. The highest BCUT2D eigenvalue weighted by Crippen LogP contribution is 2.21. The lowest BCUT2D eigenvalue weighted by Gasteiger charge is -2.12. The number of hydrogen-bond donors (Lipinski definition) is 2. The van der Waals surface area contributed by atoms with E-state index >= 15 is 0 Å². The quantitative estimate of drug-likeness (QED) is 0.632. The van der Waals surface area contributed by atoms with Crippen molar-refractivity contribution in [1.82, 2.24) is 9.78 Å². The van der Waals surface area contributed by atoms with Gasteiger partial charge in [-0.05, 0) is 50.2 Å². The summed E-state index contributed by atoms with van der Waals surface area (Å²) in [5, 5.41) is 10.9. The highest BCUT2D eigenvalue weighted by atomic mass is 35.5. The summed E-state index contributed by atoms with van der Waals surface area (Å²) in [6, 6.07) is 13.6. The Bertz CT molecular complexity index is 1030. The van der Waals surface area contributed by atoms with Crippen LogP contribution in [0, 0.1) is 13.8 Å². The van der Waals surface area contributed by atoms with Gasteiger partial charge in [-0.2, -0.15) is 5.10 Å². The van der Waals surface area contributed by atoms with Crippen LogP contribution in [0.2, 0.25) is 10.0 Å². The summed E-state index contributed by atoms with van der Waals surface area (Å²) in [6.07, 6.45) is 0. The number of nitrogens with one attached hydrogen (secondary N) is 2. The number of benzene rings is 2. The van der Waals surface area contributed by atoms with Crippen LogP contribution in [0.3, 0.4) is 0 Å². The molecule has 144 valence electrons. The number of carbonyl (C=O) groups is 2. The van der Waals surface area contributed by atoms with Crippen molar-refractivity contribution in [3.05, 3.63) is 75.5 Å². The Morgan fingerprint density at radius 1 is 1.00 bits per heavy atom. The standard InChI is InChI=1S/C20H18Cl2N4O2/c1-12-19(22)13(2)26(25-12)11-18(27)24-17-6-4-3-5-16(17)20(28)23-15-9-7-14(21)8-10-15/h3-10H,11H2,1-2H3,(H,23,28)(H,24,27). The molecule has 0 atom stereocenters. The first kappa shape index (κ1) is 19.9. The number of aromatic nitrogens is 2. The molecule has 0 saturated heterocycles. The zero-order valence-electron chi connectivity index (χ0n) is 15.3. The van der Waals surface area contributed by atoms with Crippen molar-refractivity contribution >= 4 is 46.4 Å². The van der Waals surface area contributed by atoms with Crippen LogP contribution in [0.1, 0.15) is 21.7 Å². The maximum Gasteiger partial charge on any atom is 0.257 e. The zero-order chi connectivity index (χ0) is 20.3. The SMILES string of the molecule is Cc1nn(CC(=O)Nc2ccccc2C(=O)Nc2ccc(Cl)cc2)c(C)c1Cl. The molecule has 28 heavy (non-hydrogen) atoms. The summed E-state index contributed by atoms with van der Waals surface area (Å²) in [6.45, 7) is 3.57. The maximum atomic E-state index is 12.6. The van der Waals surface area contributed by atoms with Crippen LogP contribution in [0.15, 0.2) is 48.5 Å². The predicted octanol–water partition coefficient (Wildman–Crippen LogP) is 4.70. The third-order valence-corrected chi connectivity index (χ3v) is 4.93. The van der Waals surface area contributed by atoms with E-state index < -0.39 is 0 Å². The Hall–Kier alpha value is -2.83. The van der Waals surface area contributed by atoms with Crippen molar-refractivity contribution < 1.29 is 9.59 Å². The van der Waals surface area contributed by atoms with Gasteiger partial charge in [-0.3, -0.25) is 14.3 Å². The normalized spacial score (nSPS) is 10.6. The van der Waals surface area contributed by atoms with Gasteiger partial charge in [-0.15, -0.1) is 0 Å². The lowest BCUT2D eigenvalue weighted by molar-refractivity contribution is -0.116. The molecule has 2 N–H and O–H groups in total. The topological polar surface area (TPSA) is 76.0 Å². The lowest BCUT2D eigenvalue weighted by atomic mass is 10.1. The molecule has 0 saturated carbocycles. The fraction of sp³-hybridized carbons (Fsp3) is 0.150. The molecule has 0 spiro atoms. The summed E-state index contributed by atoms with van der Waals surface area (Å²) < 4.78 is 1.53. The molecule has 0 aliphatic rings. The van der Waals surface area contributed by atoms with Gasteiger partial charge in [0.25, 0.3) is 5.91 Å². The van der Waals surface area contributed by atoms with Crippen molar-refractivity contribution in [2.24, 2.45) is 0 Å². The molecule has 3 aromatic rings. The molecule has 1 aromatic heterocycles. The third-order valence-electron chi connectivity index (χ3n) is 4.13. The number of carbonyl (C=O) groups excluding carboxylic acids is 2. The van der Waals surface area contributed by atoms with E-state index in [1.54, 1.807) is 62.4 Å². The molecule has 3 rings (SSSR count). The van der Waals surface area contributed by atoms with Gasteiger partial charge in [0, 0.05) is 10.7 Å². The second-order valence-corrected chi connectivity index (χ2v) is 7.01. The van der Waals surface area contributed by atoms with Gasteiger partial charge in [0.05, 0.1) is 27.7 Å². The van der Waals surface area contributed by atoms with Crippen LogP contribution in [0.4, 0.5) is 11.4 Å². The fourth-order valence-corrected chi connectivity index (χ4v) is 2.94. The number of rotatable bonds is 5. The van der Waals surface area contributed by atoms with Gasteiger partial charge in [0.15, 0.2) is 0 Å². The minimum atomic E-state index is -0.340. The smallest absolute Gasteiger partial charge is 0.257 e. The van der Waals surface area contributed by atoms with Crippen LogP contribution in [0.5, 0.6) is 0 Å². The first-order valence-corrected chi connectivity index (χ1v) is 9.26. The second kappa shape index (κ2) is 8.46. The van der Waals surface area contributed by atoms with Gasteiger partial charge in [0.2, 0.25) is 5.91 Å². The van der Waals surface area contributed by atoms with E-state index in [1.165, 1.54) is 4.68 Å². The van der Waals surface area contributed by atoms with Crippen molar-refractivity contribution in [3.63, 3.8) is 0 Å². The minimum absolute atomic E-state index is 0.00741. The summed E-state index contributed by atoms with van der Waals surface area (Å²) in [5.41, 5.74) is 2.73. The zero-order valence-corrected chi connectivity index (χ0v) is 16.8. The van der Waals surface area contributed by atoms with Crippen molar-refractivity contribution in [2.45, 2.75) is 20.4 Å². The molecule has 8 heteroatoms. The van der Waals surface area contributed by atoms with Crippen molar-refractivity contribution in [3.8, 4) is 0 Å². The van der Waals surface area contributed by atoms with Crippen LogP contribution in [-0.2, 0) is 11.3 Å². The van der Waals surface area contributed by atoms with E-state index in [0.29, 0.717) is 38.4 Å². The summed E-state index contributed by atoms with van der Waals surface area (Å²) in [4.78, 5) is 25.1. The highest BCUT2D eigenvalue weighted by Gasteiger charge is 2.16. The van der Waals surface area contributed by atoms with E-state index in [4.69, 9.17) is 23.2 Å². The van der Waals surface area contributed by atoms with E-state index in [9.17, 15) is 9.59 Å². The Morgan fingerprint density at radius 2 is 1.68 bits per heavy atom. The van der Waals surface area contributed by atoms with Gasteiger partial charge in [-0.1, -0.05) is 35.3 Å². The number of anilines is 2. The van der Waals surface area contributed by atoms with E-state index in [-0.39, 0.29) is 18.4 Å². The molecular formula is C20H18Cl2N4O2. The first-order valence-electron chi connectivity index (χ1n) is 8.50. The monoisotopic (exact) mass is 416 g/mol. The predicted molar refractivity (Wildman–Crippen MR) is 111 cm³/mol. The van der Waals surface area contributed by atoms with Crippen molar-refractivity contribution in [1.29, 1.82) is 0 Å². The molecule has 6 nitrogen and oxygen atoms in total. The molecule has 2 amide bonds. The minimum Gasteiger partial charge on any atom is -0.324 e. The van der Waals surface area contributed by atoms with E-state index in [0.717, 1.165) is 0 Å². The molecule has 0 bridgehead atoms. The number of para-hydroxylation sites is 1. The van der Waals surface area contributed by atoms with Crippen LogP contribution >= 0.6 is 23.2 Å². The maximum absolute atomic E-state index is 12.6. The Morgan fingerprint density at radius 3 is 2.32 bits per heavy atom. The van der Waals surface area contributed by atoms with Gasteiger partial charge < -0.3 is 10.6 Å². The Balaban J connectivity index is 1.74. The molecule has 0 aliphatic carbocycles. The van der Waals surface area contributed by atoms with Gasteiger partial charge >= 0.3 is 0 Å². The molecule has 0 fully saturated rings. The molecule has 0 radical (unpaired) electrons. The van der Waals surface area contributed by atoms with Gasteiger partial charge in [0.1, 0.15) is 6.54 Å². The summed E-state index contributed by atoms with van der Waals surface area (Å²) >= 11 is 12.0. The third kappa shape index (κ3) is 4.52. The number of aryl methyl sites for hydroxylation is 1. The summed E-state index contributed by atoms with van der Waals surface area (Å²) in [5.74, 6) is -0.651. The average Bonchev–Trinajstić information content (AvgIpc) is 2.90. The molecule has 0 unspecified atom stereocenters. The Labute approximate surface area is 172 Å². The molecule has 2 aromatic carbocycles. The van der Waals surface area contributed by atoms with Crippen LogP contribution in [-0.4, -0.2) is 21.6 Å². The fourth-order valence-electron chi connectivity index (χ4n) is 2.68. The first-order chi connectivity index (χ1) is 13.3. The highest BCUT2D eigenvalue weighted by molar-refractivity contribution is 6.31. The van der Waals surface area contributed by atoms with Crippen molar-refractivity contribution in [2.75, 3.05) is 10.6 Å². The lowest BCUT2D eigenvalue weighted by Crippen LogP contribution is -2.22. The molecule has 1 heterocycles. The summed E-state index contributed by atoms with van der Waals surface area (Å²) in [7, 11) is 0.